The van der Waals surface area contributed by atoms with Gasteiger partial charge in [0.2, 0.25) is 0 Å². The fourth-order valence-electron chi connectivity index (χ4n) is 2.27. The zero-order valence-electron chi connectivity index (χ0n) is 11.0. The van der Waals surface area contributed by atoms with E-state index in [9.17, 15) is 4.79 Å². The Bertz CT molecular complexity index is 639. The van der Waals surface area contributed by atoms with Crippen LogP contribution in [0.2, 0.25) is 0 Å². The first-order valence-corrected chi connectivity index (χ1v) is 7.10. The predicted molar refractivity (Wildman–Crippen MR) is 72.1 cm³/mol. The molecule has 0 aliphatic carbocycles. The van der Waals surface area contributed by atoms with Gasteiger partial charge in [0, 0.05) is 24.1 Å². The number of nitrogens with zero attached hydrogens (tertiary/aromatic N) is 3. The van der Waals surface area contributed by atoms with Gasteiger partial charge in [0.1, 0.15) is 17.1 Å². The lowest BCUT2D eigenvalue weighted by atomic mass is 10.2. The van der Waals surface area contributed by atoms with E-state index in [0.717, 1.165) is 28.6 Å². The molecule has 0 fully saturated rings. The third-order valence-electron chi connectivity index (χ3n) is 3.21. The normalized spacial score (nSPS) is 13.6. The molecule has 0 unspecified atom stereocenters. The molecule has 6 nitrogen and oxygen atoms in total. The SMILES string of the molecule is Cc1noc(C)c1C(=O)Nc1c2c(nn1C)CSC2. The summed E-state index contributed by atoms with van der Waals surface area (Å²) in [4.78, 5) is 12.3. The third kappa shape index (κ3) is 1.94. The first-order chi connectivity index (χ1) is 9.08. The minimum absolute atomic E-state index is 0.195. The number of aromatic nitrogens is 3. The van der Waals surface area contributed by atoms with Gasteiger partial charge in [-0.15, -0.1) is 0 Å². The van der Waals surface area contributed by atoms with Crippen molar-refractivity contribution in [2.24, 2.45) is 7.05 Å². The van der Waals surface area contributed by atoms with Crippen LogP contribution in [0, 0.1) is 13.8 Å². The van der Waals surface area contributed by atoms with Crippen molar-refractivity contribution in [2.75, 3.05) is 5.32 Å². The van der Waals surface area contributed by atoms with Gasteiger partial charge in [-0.25, -0.2) is 0 Å². The van der Waals surface area contributed by atoms with E-state index in [-0.39, 0.29) is 5.91 Å². The summed E-state index contributed by atoms with van der Waals surface area (Å²) in [6.07, 6.45) is 0. The Balaban J connectivity index is 1.92. The number of anilines is 1. The Morgan fingerprint density at radius 3 is 2.89 bits per heavy atom. The minimum atomic E-state index is -0.195. The number of carbonyl (C=O) groups is 1. The van der Waals surface area contributed by atoms with Crippen LogP contribution in [0.4, 0.5) is 5.82 Å². The summed E-state index contributed by atoms with van der Waals surface area (Å²) in [5.41, 5.74) is 3.28. The zero-order chi connectivity index (χ0) is 13.6. The summed E-state index contributed by atoms with van der Waals surface area (Å²) < 4.78 is 6.74. The Morgan fingerprint density at radius 1 is 1.42 bits per heavy atom. The van der Waals surface area contributed by atoms with Crippen molar-refractivity contribution >= 4 is 23.5 Å². The number of thioether (sulfide) groups is 1. The Labute approximate surface area is 114 Å². The lowest BCUT2D eigenvalue weighted by Crippen LogP contribution is -2.17. The summed E-state index contributed by atoms with van der Waals surface area (Å²) in [7, 11) is 1.84. The molecule has 3 heterocycles. The van der Waals surface area contributed by atoms with Crippen LogP contribution < -0.4 is 5.32 Å². The molecule has 100 valence electrons. The number of carbonyl (C=O) groups excluding carboxylic acids is 1. The van der Waals surface area contributed by atoms with E-state index in [1.54, 1.807) is 30.3 Å². The summed E-state index contributed by atoms with van der Waals surface area (Å²) in [6.45, 7) is 3.49. The number of aryl methyl sites for hydroxylation is 3. The minimum Gasteiger partial charge on any atom is -0.361 e. The van der Waals surface area contributed by atoms with Gasteiger partial charge in [-0.2, -0.15) is 16.9 Å². The van der Waals surface area contributed by atoms with Gasteiger partial charge in [-0.1, -0.05) is 5.16 Å². The molecule has 0 aromatic carbocycles. The second kappa shape index (κ2) is 4.41. The molecule has 0 spiro atoms. The van der Waals surface area contributed by atoms with Crippen LogP contribution in [0.15, 0.2) is 4.52 Å². The Morgan fingerprint density at radius 2 is 2.21 bits per heavy atom. The molecule has 7 heteroatoms. The number of rotatable bonds is 2. The lowest BCUT2D eigenvalue weighted by molar-refractivity contribution is 0.102. The van der Waals surface area contributed by atoms with Crippen molar-refractivity contribution in [3.05, 3.63) is 28.3 Å². The molecule has 1 aliphatic heterocycles. The number of amides is 1. The quantitative estimate of drug-likeness (QED) is 0.910. The van der Waals surface area contributed by atoms with Crippen LogP contribution in [0.1, 0.15) is 33.1 Å². The fraction of sp³-hybridized carbons (Fsp3) is 0.417. The van der Waals surface area contributed by atoms with Crippen LogP contribution >= 0.6 is 11.8 Å². The van der Waals surface area contributed by atoms with Gasteiger partial charge in [0.05, 0.1) is 11.4 Å². The molecule has 0 radical (unpaired) electrons. The second-order valence-corrected chi connectivity index (χ2v) is 5.53. The molecule has 1 aliphatic rings. The monoisotopic (exact) mass is 278 g/mol. The summed E-state index contributed by atoms with van der Waals surface area (Å²) in [6, 6.07) is 0. The van der Waals surface area contributed by atoms with Gasteiger partial charge >= 0.3 is 0 Å². The second-order valence-electron chi connectivity index (χ2n) is 4.54. The van der Waals surface area contributed by atoms with Crippen molar-refractivity contribution in [1.29, 1.82) is 0 Å². The van der Waals surface area contributed by atoms with Crippen LogP contribution in [0.3, 0.4) is 0 Å². The predicted octanol–water partition coefficient (Wildman–Crippen LogP) is 2.02. The van der Waals surface area contributed by atoms with Gasteiger partial charge in [-0.05, 0) is 13.8 Å². The van der Waals surface area contributed by atoms with Gasteiger partial charge in [-0.3, -0.25) is 9.48 Å². The van der Waals surface area contributed by atoms with Crippen molar-refractivity contribution in [3.8, 4) is 0 Å². The van der Waals surface area contributed by atoms with Gasteiger partial charge in [0.25, 0.3) is 5.91 Å². The smallest absolute Gasteiger partial charge is 0.262 e. The molecule has 1 N–H and O–H groups in total. The molecule has 2 aromatic rings. The Hall–Kier alpha value is -1.76. The van der Waals surface area contributed by atoms with Crippen molar-refractivity contribution in [2.45, 2.75) is 25.4 Å². The highest BCUT2D eigenvalue weighted by molar-refractivity contribution is 7.98. The largest absolute Gasteiger partial charge is 0.361 e. The number of fused-ring (bicyclic) bond motifs is 1. The van der Waals surface area contributed by atoms with Crippen molar-refractivity contribution < 1.29 is 9.32 Å². The highest BCUT2D eigenvalue weighted by Gasteiger charge is 2.25. The standard InChI is InChI=1S/C12H14N4O2S/c1-6-10(7(2)18-15-6)12(17)13-11-8-4-19-5-9(8)14-16(11)3/h4-5H2,1-3H3,(H,13,17). The topological polar surface area (TPSA) is 73.0 Å². The van der Waals surface area contributed by atoms with E-state index in [1.807, 2.05) is 7.05 Å². The van der Waals surface area contributed by atoms with E-state index in [1.165, 1.54) is 0 Å². The summed E-state index contributed by atoms with van der Waals surface area (Å²) in [5, 5.41) is 11.1. The van der Waals surface area contributed by atoms with Crippen molar-refractivity contribution in [1.82, 2.24) is 14.9 Å². The molecule has 19 heavy (non-hydrogen) atoms. The van der Waals surface area contributed by atoms with E-state index in [4.69, 9.17) is 4.52 Å². The summed E-state index contributed by atoms with van der Waals surface area (Å²) >= 11 is 1.81. The molecule has 2 aromatic heterocycles. The van der Waals surface area contributed by atoms with E-state index in [0.29, 0.717) is 17.0 Å². The van der Waals surface area contributed by atoms with Crippen LogP contribution in [-0.4, -0.2) is 20.8 Å². The Kier molecular flexibility index (Phi) is 2.85. The first-order valence-electron chi connectivity index (χ1n) is 5.94. The molecule has 3 rings (SSSR count). The average Bonchev–Trinajstić information content (AvgIpc) is 2.99. The van der Waals surface area contributed by atoms with Crippen molar-refractivity contribution in [3.63, 3.8) is 0 Å². The molecule has 0 atom stereocenters. The molecule has 0 saturated heterocycles. The van der Waals surface area contributed by atoms with Crippen LogP contribution in [-0.2, 0) is 18.6 Å². The first kappa shape index (κ1) is 12.3. The fourth-order valence-corrected chi connectivity index (χ4v) is 3.31. The van der Waals surface area contributed by atoms with Gasteiger partial charge < -0.3 is 9.84 Å². The average molecular weight is 278 g/mol. The highest BCUT2D eigenvalue weighted by Crippen LogP contribution is 2.34. The van der Waals surface area contributed by atoms with Crippen LogP contribution in [0.5, 0.6) is 0 Å². The third-order valence-corrected chi connectivity index (χ3v) is 4.18. The van der Waals surface area contributed by atoms with Gasteiger partial charge in [0.15, 0.2) is 0 Å². The lowest BCUT2D eigenvalue weighted by Gasteiger charge is -2.07. The molecular weight excluding hydrogens is 264 g/mol. The summed E-state index contributed by atoms with van der Waals surface area (Å²) in [5.74, 6) is 2.90. The highest BCUT2D eigenvalue weighted by atomic mass is 32.2. The number of hydrogen-bond donors (Lipinski definition) is 1. The maximum atomic E-state index is 12.3. The van der Waals surface area contributed by atoms with E-state index >= 15 is 0 Å². The molecular formula is C12H14N4O2S. The van der Waals surface area contributed by atoms with E-state index in [2.05, 4.69) is 15.6 Å². The van der Waals surface area contributed by atoms with Crippen LogP contribution in [0.25, 0.3) is 0 Å². The molecule has 1 amide bonds. The van der Waals surface area contributed by atoms with E-state index < -0.39 is 0 Å². The molecule has 0 saturated carbocycles. The number of hydrogen-bond acceptors (Lipinski definition) is 5. The maximum absolute atomic E-state index is 12.3. The zero-order valence-corrected chi connectivity index (χ0v) is 11.8. The maximum Gasteiger partial charge on any atom is 0.262 e. The number of nitrogens with one attached hydrogen (secondary N) is 1. The molecule has 0 bridgehead atoms.